The molecular weight excluding hydrogens is 434 g/mol. The highest BCUT2D eigenvalue weighted by Crippen LogP contribution is 2.43. The molecule has 1 aliphatic heterocycles. The van der Waals surface area contributed by atoms with E-state index in [0.717, 1.165) is 16.4 Å². The lowest BCUT2D eigenvalue weighted by atomic mass is 9.74. The monoisotopic (exact) mass is 469 g/mol. The van der Waals surface area contributed by atoms with Gasteiger partial charge >= 0.3 is 0 Å². The van der Waals surface area contributed by atoms with E-state index in [1.54, 1.807) is 11.8 Å². The molecule has 1 unspecified atom stereocenters. The molecule has 1 saturated heterocycles. The van der Waals surface area contributed by atoms with Crippen LogP contribution in [0.15, 0.2) is 30.3 Å². The van der Waals surface area contributed by atoms with Crippen molar-refractivity contribution in [3.63, 3.8) is 0 Å². The fraction of sp³-hybridized carbons (Fsp3) is 0.652. The molecule has 0 saturated carbocycles. The Morgan fingerprint density at radius 3 is 2.43 bits per heavy atom. The van der Waals surface area contributed by atoms with E-state index in [2.05, 4.69) is 52.0 Å². The van der Waals surface area contributed by atoms with Gasteiger partial charge in [0.15, 0.2) is 0 Å². The first-order valence-corrected chi connectivity index (χ1v) is 12.7. The molecule has 0 spiro atoms. The molecule has 168 valence electrons. The van der Waals surface area contributed by atoms with Crippen LogP contribution >= 0.6 is 35.7 Å². The van der Waals surface area contributed by atoms with E-state index >= 15 is 0 Å². The number of morpholine rings is 1. The Hall–Kier alpha value is -0.600. The highest BCUT2D eigenvalue weighted by Gasteiger charge is 2.42. The first-order chi connectivity index (χ1) is 14.1. The molecular formula is C23H35NO3S3. The van der Waals surface area contributed by atoms with Crippen LogP contribution in [-0.4, -0.2) is 62.9 Å². The van der Waals surface area contributed by atoms with Crippen molar-refractivity contribution in [2.75, 3.05) is 38.7 Å². The van der Waals surface area contributed by atoms with Gasteiger partial charge in [0.1, 0.15) is 3.53 Å². The molecule has 0 bridgehead atoms. The Balaban J connectivity index is 2.20. The number of benzene rings is 1. The highest BCUT2D eigenvalue weighted by molar-refractivity contribution is 8.47. The number of amides is 1. The Morgan fingerprint density at radius 1 is 1.20 bits per heavy atom. The van der Waals surface area contributed by atoms with Gasteiger partial charge in [-0.2, -0.15) is 0 Å². The van der Waals surface area contributed by atoms with Gasteiger partial charge in [-0.1, -0.05) is 56.4 Å². The molecule has 0 aromatic heterocycles. The van der Waals surface area contributed by atoms with Gasteiger partial charge in [0, 0.05) is 23.6 Å². The maximum Gasteiger partial charge on any atom is 0.227 e. The Labute approximate surface area is 195 Å². The zero-order valence-corrected chi connectivity index (χ0v) is 21.0. The van der Waals surface area contributed by atoms with Crippen molar-refractivity contribution >= 4 is 45.2 Å². The maximum atomic E-state index is 13.6. The molecule has 1 N–H and O–H groups in total. The van der Waals surface area contributed by atoms with Crippen LogP contribution in [-0.2, 0) is 16.0 Å². The molecule has 4 nitrogen and oxygen atoms in total. The Bertz CT molecular complexity index is 688. The maximum absolute atomic E-state index is 13.6. The molecule has 0 aliphatic carbocycles. The number of hydrogen-bond acceptors (Lipinski definition) is 6. The second kappa shape index (κ2) is 11.9. The summed E-state index contributed by atoms with van der Waals surface area (Å²) in [6.07, 6.45) is 1.70. The number of rotatable bonds is 9. The molecule has 1 aromatic rings. The molecule has 30 heavy (non-hydrogen) atoms. The molecule has 1 aromatic carbocycles. The SMILES string of the molecule is CC(C)(Cc1ccccc1)CC(C(=O)N1CCOCC1)C(C)(C)SC(=S)SCCO. The van der Waals surface area contributed by atoms with Crippen LogP contribution in [0.4, 0.5) is 0 Å². The lowest BCUT2D eigenvalue weighted by Crippen LogP contribution is -2.49. The zero-order chi connectivity index (χ0) is 22.2. The number of ether oxygens (including phenoxy) is 1. The third kappa shape index (κ3) is 8.15. The van der Waals surface area contributed by atoms with Crippen LogP contribution in [0.5, 0.6) is 0 Å². The van der Waals surface area contributed by atoms with Gasteiger partial charge in [0.2, 0.25) is 5.91 Å². The van der Waals surface area contributed by atoms with Gasteiger partial charge in [-0.3, -0.25) is 4.79 Å². The number of thioether (sulfide) groups is 2. The summed E-state index contributed by atoms with van der Waals surface area (Å²) in [5, 5.41) is 9.11. The zero-order valence-electron chi connectivity index (χ0n) is 18.6. The average molecular weight is 470 g/mol. The second-order valence-corrected chi connectivity index (χ2v) is 13.0. The highest BCUT2D eigenvalue weighted by atomic mass is 32.2. The summed E-state index contributed by atoms with van der Waals surface area (Å²) in [6.45, 7) is 11.4. The molecule has 1 heterocycles. The van der Waals surface area contributed by atoms with E-state index in [4.69, 9.17) is 22.1 Å². The third-order valence-corrected chi connectivity index (χ3v) is 8.21. The van der Waals surface area contributed by atoms with Gasteiger partial charge in [-0.15, -0.1) is 23.5 Å². The molecule has 1 fully saturated rings. The summed E-state index contributed by atoms with van der Waals surface area (Å²) >= 11 is 8.63. The van der Waals surface area contributed by atoms with Crippen LogP contribution < -0.4 is 0 Å². The quantitative estimate of drug-likeness (QED) is 0.532. The summed E-state index contributed by atoms with van der Waals surface area (Å²) < 4.78 is 5.90. The molecule has 0 radical (unpaired) electrons. The van der Waals surface area contributed by atoms with Gasteiger partial charge in [-0.05, 0) is 37.7 Å². The van der Waals surface area contributed by atoms with Gasteiger partial charge in [-0.25, -0.2) is 0 Å². The molecule has 1 atom stereocenters. The summed E-state index contributed by atoms with van der Waals surface area (Å²) in [4.78, 5) is 15.6. The number of nitrogens with zero attached hydrogens (tertiary/aromatic N) is 1. The topological polar surface area (TPSA) is 49.8 Å². The van der Waals surface area contributed by atoms with E-state index in [-0.39, 0.29) is 28.6 Å². The molecule has 2 rings (SSSR count). The van der Waals surface area contributed by atoms with E-state index < -0.39 is 0 Å². The number of thiocarbonyl (C=S) groups is 1. The lowest BCUT2D eigenvalue weighted by Gasteiger charge is -2.41. The van der Waals surface area contributed by atoms with Gasteiger partial charge in [0.25, 0.3) is 0 Å². The first kappa shape index (κ1) is 25.7. The van der Waals surface area contributed by atoms with Crippen LogP contribution in [0.1, 0.15) is 39.7 Å². The fourth-order valence-corrected chi connectivity index (χ4v) is 6.89. The average Bonchev–Trinajstić information content (AvgIpc) is 2.70. The normalized spacial score (nSPS) is 16.4. The van der Waals surface area contributed by atoms with Crippen molar-refractivity contribution in [2.45, 2.75) is 45.3 Å². The number of aliphatic hydroxyl groups excluding tert-OH is 1. The van der Waals surface area contributed by atoms with Crippen molar-refractivity contribution in [1.29, 1.82) is 0 Å². The van der Waals surface area contributed by atoms with Gasteiger partial charge in [0.05, 0.1) is 25.7 Å². The summed E-state index contributed by atoms with van der Waals surface area (Å²) in [7, 11) is 0. The molecule has 1 amide bonds. The Morgan fingerprint density at radius 2 is 1.83 bits per heavy atom. The number of carbonyl (C=O) groups is 1. The van der Waals surface area contributed by atoms with Crippen molar-refractivity contribution in [2.24, 2.45) is 11.3 Å². The van der Waals surface area contributed by atoms with Crippen LogP contribution in [0.2, 0.25) is 0 Å². The van der Waals surface area contributed by atoms with E-state index in [1.807, 2.05) is 11.0 Å². The first-order valence-electron chi connectivity index (χ1n) is 10.5. The van der Waals surface area contributed by atoms with E-state index in [0.29, 0.717) is 32.1 Å². The minimum Gasteiger partial charge on any atom is -0.396 e. The largest absolute Gasteiger partial charge is 0.396 e. The van der Waals surface area contributed by atoms with Crippen molar-refractivity contribution in [1.82, 2.24) is 4.90 Å². The number of carbonyl (C=O) groups excluding carboxylic acids is 1. The summed E-state index contributed by atoms with van der Waals surface area (Å²) in [5.74, 6) is 0.627. The fourth-order valence-electron chi connectivity index (χ4n) is 3.85. The number of aliphatic hydroxyl groups is 1. The van der Waals surface area contributed by atoms with Crippen LogP contribution in [0, 0.1) is 11.3 Å². The minimum absolute atomic E-state index is 0.0361. The van der Waals surface area contributed by atoms with Crippen LogP contribution in [0.3, 0.4) is 0 Å². The van der Waals surface area contributed by atoms with Crippen molar-refractivity contribution in [3.8, 4) is 0 Å². The lowest BCUT2D eigenvalue weighted by molar-refractivity contribution is -0.141. The number of hydrogen-bond donors (Lipinski definition) is 1. The van der Waals surface area contributed by atoms with Crippen molar-refractivity contribution in [3.05, 3.63) is 35.9 Å². The second-order valence-electron chi connectivity index (χ2n) is 9.05. The molecule has 1 aliphatic rings. The van der Waals surface area contributed by atoms with Crippen LogP contribution in [0.25, 0.3) is 0 Å². The van der Waals surface area contributed by atoms with Crippen molar-refractivity contribution < 1.29 is 14.6 Å². The predicted molar refractivity (Wildman–Crippen MR) is 133 cm³/mol. The summed E-state index contributed by atoms with van der Waals surface area (Å²) in [6, 6.07) is 10.5. The predicted octanol–water partition coefficient (Wildman–Crippen LogP) is 4.64. The van der Waals surface area contributed by atoms with E-state index in [1.165, 1.54) is 17.3 Å². The standard InChI is InChI=1S/C23H35NO3S3/c1-22(2,16-18-8-6-5-7-9-18)17-19(20(26)24-10-13-27-14-11-24)23(3,4)30-21(28)29-15-12-25/h5-9,19,25H,10-17H2,1-4H3. The smallest absolute Gasteiger partial charge is 0.227 e. The minimum atomic E-state index is -0.344. The Kier molecular flexibility index (Phi) is 10.1. The van der Waals surface area contributed by atoms with E-state index in [9.17, 15) is 4.79 Å². The third-order valence-electron chi connectivity index (χ3n) is 5.40. The van der Waals surface area contributed by atoms with Gasteiger partial charge < -0.3 is 14.7 Å². The molecule has 7 heteroatoms. The summed E-state index contributed by atoms with van der Waals surface area (Å²) in [5.41, 5.74) is 1.26.